The average molecular weight is 460 g/mol. The van der Waals surface area contributed by atoms with Crippen LogP contribution in [0.3, 0.4) is 0 Å². The van der Waals surface area contributed by atoms with Crippen molar-refractivity contribution in [2.75, 3.05) is 0 Å². The number of hydrogen-bond donors (Lipinski definition) is 0. The van der Waals surface area contributed by atoms with Gasteiger partial charge in [-0.05, 0) is 0 Å². The Labute approximate surface area is 200 Å². The van der Waals surface area contributed by atoms with E-state index in [1.54, 1.807) is 11.1 Å². The van der Waals surface area contributed by atoms with E-state index in [-0.39, 0.29) is 0 Å². The summed E-state index contributed by atoms with van der Waals surface area (Å²) in [5.41, 5.74) is 8.89. The molecule has 0 bridgehead atoms. The maximum atomic E-state index is 2.56. The Morgan fingerprint density at radius 2 is 0.848 bits per heavy atom. The molecule has 0 nitrogen and oxygen atoms in total. The van der Waals surface area contributed by atoms with Crippen molar-refractivity contribution in [3.05, 3.63) is 155 Å². The summed E-state index contributed by atoms with van der Waals surface area (Å²) in [6.07, 6.45) is 9.90. The van der Waals surface area contributed by atoms with Gasteiger partial charge in [0.25, 0.3) is 0 Å². The number of allylic oxidation sites excluding steroid dienone is 2. The molecule has 4 aromatic rings. The van der Waals surface area contributed by atoms with Gasteiger partial charge in [0, 0.05) is 0 Å². The molecule has 0 aliphatic heterocycles. The van der Waals surface area contributed by atoms with Gasteiger partial charge in [0.1, 0.15) is 0 Å². The van der Waals surface area contributed by atoms with Crippen LogP contribution in [-0.2, 0) is 26.0 Å². The molecule has 0 fully saturated rings. The van der Waals surface area contributed by atoms with Crippen molar-refractivity contribution in [3.8, 4) is 0 Å². The first-order valence-corrected chi connectivity index (χ1v) is 16.0. The van der Waals surface area contributed by atoms with Crippen LogP contribution in [0, 0.1) is 0 Å². The molecule has 0 N–H and O–H groups in total. The molecular weight excluding hydrogens is 432 g/mol. The third kappa shape index (κ3) is 3.78. The van der Waals surface area contributed by atoms with Gasteiger partial charge in [-0.1, -0.05) is 0 Å². The molecule has 0 spiro atoms. The van der Waals surface area contributed by atoms with Gasteiger partial charge in [0.2, 0.25) is 0 Å². The van der Waals surface area contributed by atoms with Gasteiger partial charge < -0.3 is 0 Å². The molecule has 33 heavy (non-hydrogen) atoms. The van der Waals surface area contributed by atoms with Gasteiger partial charge in [0.05, 0.1) is 0 Å². The fourth-order valence-corrected chi connectivity index (χ4v) is 15.7. The van der Waals surface area contributed by atoms with Crippen LogP contribution in [-0.4, -0.2) is 0 Å². The third-order valence-corrected chi connectivity index (χ3v) is 16.4. The zero-order valence-electron chi connectivity index (χ0n) is 18.8. The Balaban J connectivity index is 1.57. The van der Waals surface area contributed by atoms with Crippen molar-refractivity contribution >= 4 is 12.2 Å². The molecular formula is C32H28Ti. The Hall–Kier alpha value is -2.93. The van der Waals surface area contributed by atoms with E-state index >= 15 is 0 Å². The van der Waals surface area contributed by atoms with Crippen molar-refractivity contribution in [3.63, 3.8) is 0 Å². The number of hydrogen-bond acceptors (Lipinski definition) is 0. The molecule has 6 rings (SSSR count). The van der Waals surface area contributed by atoms with Crippen molar-refractivity contribution in [1.29, 1.82) is 0 Å². The van der Waals surface area contributed by atoms with E-state index in [1.807, 2.05) is 0 Å². The standard InChI is InChI=1S/2C9H7.2C7H7.Ti/c2*1-2-5-9-7-3-6-8(9)4-1;2*1-7-5-3-2-4-6-7;/h2*1-7H;2*2-6H,1H2;. The second-order valence-electron chi connectivity index (χ2n) is 9.49. The van der Waals surface area contributed by atoms with Crippen molar-refractivity contribution in [2.24, 2.45) is 0 Å². The molecule has 2 atom stereocenters. The summed E-state index contributed by atoms with van der Waals surface area (Å²) in [7, 11) is 0. The molecule has 1 heteroatoms. The minimum atomic E-state index is -2.81. The van der Waals surface area contributed by atoms with Gasteiger partial charge in [-0.3, -0.25) is 0 Å². The fraction of sp³-hybridized carbons (Fsp3) is 0.125. The van der Waals surface area contributed by atoms with E-state index in [0.29, 0.717) is 8.45 Å². The van der Waals surface area contributed by atoms with E-state index < -0.39 is 16.6 Å². The fourth-order valence-electron chi connectivity index (χ4n) is 6.15. The predicted molar refractivity (Wildman–Crippen MR) is 137 cm³/mol. The van der Waals surface area contributed by atoms with Crippen LogP contribution in [0.25, 0.3) is 12.2 Å². The number of benzene rings is 4. The second-order valence-corrected chi connectivity index (χ2v) is 16.4. The number of rotatable bonds is 6. The van der Waals surface area contributed by atoms with Crippen LogP contribution in [0.5, 0.6) is 0 Å². The zero-order valence-corrected chi connectivity index (χ0v) is 20.3. The summed E-state index contributed by atoms with van der Waals surface area (Å²) in [6.45, 7) is 0. The van der Waals surface area contributed by atoms with Crippen LogP contribution >= 0.6 is 0 Å². The Bertz CT molecular complexity index is 1210. The van der Waals surface area contributed by atoms with Crippen LogP contribution in [0.4, 0.5) is 0 Å². The van der Waals surface area contributed by atoms with Crippen LogP contribution in [0.15, 0.2) is 121 Å². The van der Waals surface area contributed by atoms with Gasteiger partial charge >= 0.3 is 201 Å². The molecule has 0 radical (unpaired) electrons. The Kier molecular flexibility index (Phi) is 5.50. The monoisotopic (exact) mass is 460 g/mol. The normalized spacial score (nSPS) is 18.3. The molecule has 0 aromatic heterocycles. The first kappa shape index (κ1) is 20.7. The minimum absolute atomic E-state index is 0.530. The maximum absolute atomic E-state index is 2.81. The summed E-state index contributed by atoms with van der Waals surface area (Å²) in [6, 6.07) is 40.7. The Morgan fingerprint density at radius 1 is 0.455 bits per heavy atom. The molecule has 2 aliphatic rings. The Morgan fingerprint density at radius 3 is 1.30 bits per heavy atom. The van der Waals surface area contributed by atoms with E-state index in [2.05, 4.69) is 133 Å². The second kappa shape index (κ2) is 8.78. The van der Waals surface area contributed by atoms with Crippen LogP contribution in [0.1, 0.15) is 41.8 Å². The van der Waals surface area contributed by atoms with Gasteiger partial charge in [-0.15, -0.1) is 0 Å². The summed E-state index contributed by atoms with van der Waals surface area (Å²) in [5.74, 6) is 0. The first-order chi connectivity index (χ1) is 16.3. The number of fused-ring (bicyclic) bond motifs is 2. The molecule has 2 aliphatic carbocycles. The van der Waals surface area contributed by atoms with Crippen molar-refractivity contribution in [1.82, 2.24) is 0 Å². The predicted octanol–water partition coefficient (Wildman–Crippen LogP) is 8.08. The summed E-state index contributed by atoms with van der Waals surface area (Å²) in [4.78, 5) is 0. The summed E-state index contributed by atoms with van der Waals surface area (Å²) < 4.78 is 3.48. The molecule has 0 heterocycles. The summed E-state index contributed by atoms with van der Waals surface area (Å²) >= 11 is -2.81. The van der Waals surface area contributed by atoms with Gasteiger partial charge in [-0.25, -0.2) is 0 Å². The molecule has 0 amide bonds. The average Bonchev–Trinajstić information content (AvgIpc) is 3.50. The molecule has 0 saturated carbocycles. The molecule has 160 valence electrons. The summed E-state index contributed by atoms with van der Waals surface area (Å²) in [5, 5.41) is 0. The van der Waals surface area contributed by atoms with Crippen LogP contribution in [0.2, 0.25) is 0 Å². The van der Waals surface area contributed by atoms with E-state index in [1.165, 1.54) is 31.7 Å². The molecule has 0 saturated heterocycles. The van der Waals surface area contributed by atoms with Crippen molar-refractivity contribution in [2.45, 2.75) is 17.9 Å². The van der Waals surface area contributed by atoms with E-state index in [4.69, 9.17) is 0 Å². The molecule has 4 aromatic carbocycles. The third-order valence-electron chi connectivity index (χ3n) is 7.59. The SMILES string of the molecule is C1=C[CH]([Ti]([CH2]c2ccccc2)([CH2]c2ccccc2)[CH]2C=Cc3ccccc32)c2ccccc21. The van der Waals surface area contributed by atoms with Gasteiger partial charge in [-0.2, -0.15) is 0 Å². The topological polar surface area (TPSA) is 0 Å². The van der Waals surface area contributed by atoms with E-state index in [9.17, 15) is 0 Å². The van der Waals surface area contributed by atoms with Crippen molar-refractivity contribution < 1.29 is 16.6 Å². The zero-order chi connectivity index (χ0) is 22.1. The van der Waals surface area contributed by atoms with E-state index in [0.717, 1.165) is 0 Å². The quantitative estimate of drug-likeness (QED) is 0.255. The molecule has 2 unspecified atom stereocenters. The van der Waals surface area contributed by atoms with Crippen LogP contribution < -0.4 is 0 Å². The first-order valence-electron chi connectivity index (χ1n) is 12.0. The van der Waals surface area contributed by atoms with Gasteiger partial charge in [0.15, 0.2) is 0 Å².